The summed E-state index contributed by atoms with van der Waals surface area (Å²) in [4.78, 5) is 11.4. The predicted molar refractivity (Wildman–Crippen MR) is 100 cm³/mol. The monoisotopic (exact) mass is 425 g/mol. The largest absolute Gasteiger partial charge is 0.496 e. The van der Waals surface area contributed by atoms with E-state index in [0.717, 1.165) is 41.8 Å². The van der Waals surface area contributed by atoms with Gasteiger partial charge in [0.15, 0.2) is 0 Å². The van der Waals surface area contributed by atoms with Gasteiger partial charge in [0.05, 0.1) is 12.8 Å². The summed E-state index contributed by atoms with van der Waals surface area (Å²) in [5, 5.41) is 0. The molecular weight excluding hydrogens is 409 g/mol. The van der Waals surface area contributed by atoms with Gasteiger partial charge in [-0.3, -0.25) is 4.79 Å². The van der Waals surface area contributed by atoms with Crippen LogP contribution in [0.3, 0.4) is 0 Å². The molecule has 0 aromatic heterocycles. The normalized spacial score (nSPS) is 16.5. The van der Waals surface area contributed by atoms with Crippen LogP contribution in [0, 0.1) is 0 Å². The van der Waals surface area contributed by atoms with Crippen molar-refractivity contribution in [1.29, 1.82) is 0 Å². The van der Waals surface area contributed by atoms with Gasteiger partial charge in [0.1, 0.15) is 12.0 Å². The van der Waals surface area contributed by atoms with Crippen LogP contribution in [0.2, 0.25) is 0 Å². The summed E-state index contributed by atoms with van der Waals surface area (Å²) in [6, 6.07) is 14.1. The second-order valence-electron chi connectivity index (χ2n) is 5.24. The van der Waals surface area contributed by atoms with E-state index in [-0.39, 0.29) is 0 Å². The number of para-hydroxylation sites is 1. The van der Waals surface area contributed by atoms with E-state index in [1.165, 1.54) is 5.56 Å². The molecule has 0 aliphatic carbocycles. The van der Waals surface area contributed by atoms with Crippen molar-refractivity contribution < 1.29 is 9.53 Å². The molecule has 1 aliphatic heterocycles. The highest BCUT2D eigenvalue weighted by Gasteiger charge is 2.31. The van der Waals surface area contributed by atoms with Crippen LogP contribution in [0.15, 0.2) is 42.5 Å². The molecule has 0 spiro atoms. The third kappa shape index (κ3) is 2.84. The fourth-order valence-corrected chi connectivity index (χ4v) is 4.68. The SMILES string of the molecule is COc1ccccc1C[C@H]1CN(SI)c2cccc(C=O)c21. The van der Waals surface area contributed by atoms with E-state index in [1.54, 1.807) is 16.2 Å². The van der Waals surface area contributed by atoms with E-state index in [0.29, 0.717) is 5.92 Å². The second-order valence-corrected chi connectivity index (χ2v) is 7.00. The van der Waals surface area contributed by atoms with E-state index >= 15 is 0 Å². The fraction of sp³-hybridized carbons (Fsp3) is 0.235. The first-order valence-corrected chi connectivity index (χ1v) is 10.4. The van der Waals surface area contributed by atoms with Gasteiger partial charge >= 0.3 is 0 Å². The lowest BCUT2D eigenvalue weighted by molar-refractivity contribution is 0.112. The first-order chi connectivity index (χ1) is 10.8. The predicted octanol–water partition coefficient (Wildman–Crippen LogP) is 4.65. The number of fused-ring (bicyclic) bond motifs is 1. The van der Waals surface area contributed by atoms with Crippen LogP contribution < -0.4 is 9.04 Å². The number of anilines is 1. The van der Waals surface area contributed by atoms with Crippen molar-refractivity contribution >= 4 is 42.3 Å². The van der Waals surface area contributed by atoms with Crippen molar-refractivity contribution in [1.82, 2.24) is 0 Å². The summed E-state index contributed by atoms with van der Waals surface area (Å²) < 4.78 is 7.72. The van der Waals surface area contributed by atoms with Gasteiger partial charge in [-0.1, -0.05) is 30.3 Å². The van der Waals surface area contributed by atoms with Crippen molar-refractivity contribution in [2.24, 2.45) is 0 Å². The maximum absolute atomic E-state index is 11.4. The number of benzene rings is 2. The summed E-state index contributed by atoms with van der Waals surface area (Å²) in [6.45, 7) is 0.909. The molecular formula is C17H16INO2S. The molecule has 1 heterocycles. The third-order valence-electron chi connectivity index (χ3n) is 4.05. The Hall–Kier alpha value is -1.21. The van der Waals surface area contributed by atoms with Gasteiger partial charge in [0.25, 0.3) is 0 Å². The van der Waals surface area contributed by atoms with Crippen LogP contribution in [0.4, 0.5) is 5.69 Å². The average molecular weight is 425 g/mol. The van der Waals surface area contributed by atoms with E-state index in [9.17, 15) is 4.79 Å². The van der Waals surface area contributed by atoms with E-state index in [4.69, 9.17) is 4.74 Å². The number of methoxy groups -OCH3 is 1. The quantitative estimate of drug-likeness (QED) is 0.396. The Morgan fingerprint density at radius 2 is 2.14 bits per heavy atom. The van der Waals surface area contributed by atoms with E-state index in [2.05, 4.69) is 37.6 Å². The Morgan fingerprint density at radius 3 is 2.86 bits per heavy atom. The van der Waals surface area contributed by atoms with E-state index in [1.807, 2.05) is 30.3 Å². The summed E-state index contributed by atoms with van der Waals surface area (Å²) in [5.74, 6) is 1.21. The van der Waals surface area contributed by atoms with Crippen molar-refractivity contribution in [2.75, 3.05) is 18.0 Å². The molecule has 0 N–H and O–H groups in total. The number of ether oxygens (including phenoxy) is 1. The molecule has 114 valence electrons. The minimum Gasteiger partial charge on any atom is -0.496 e. The molecule has 2 aromatic rings. The zero-order chi connectivity index (χ0) is 15.5. The van der Waals surface area contributed by atoms with Gasteiger partial charge in [-0.2, -0.15) is 0 Å². The van der Waals surface area contributed by atoms with Gasteiger partial charge in [0, 0.05) is 48.4 Å². The molecule has 0 saturated carbocycles. The van der Waals surface area contributed by atoms with Crippen molar-refractivity contribution in [3.63, 3.8) is 0 Å². The zero-order valence-corrected chi connectivity index (χ0v) is 15.1. The Morgan fingerprint density at radius 1 is 1.32 bits per heavy atom. The first-order valence-electron chi connectivity index (χ1n) is 7.04. The molecule has 1 aliphatic rings. The topological polar surface area (TPSA) is 29.5 Å². The standard InChI is InChI=1S/C17H16INO2S/c1-21-16-8-3-2-5-12(16)9-14-10-19(22-18)15-7-4-6-13(11-20)17(14)15/h2-8,11,14H,9-10H2,1H3/t14-/m0/s1. The number of nitrogens with zero attached hydrogens (tertiary/aromatic N) is 1. The highest BCUT2D eigenvalue weighted by molar-refractivity contribution is 14.2. The molecule has 2 aromatic carbocycles. The van der Waals surface area contributed by atoms with Gasteiger partial charge in [-0.25, -0.2) is 0 Å². The number of aldehydes is 1. The number of carbonyl (C=O) groups excluding carboxylic acids is 1. The van der Waals surface area contributed by atoms with Crippen LogP contribution in [0.1, 0.15) is 27.4 Å². The summed E-state index contributed by atoms with van der Waals surface area (Å²) in [5.41, 5.74) is 4.30. The molecule has 0 radical (unpaired) electrons. The fourth-order valence-electron chi connectivity index (χ4n) is 3.09. The number of hydrogen-bond acceptors (Lipinski definition) is 4. The molecule has 1 atom stereocenters. The van der Waals surface area contributed by atoms with Gasteiger partial charge in [0.2, 0.25) is 0 Å². The lowest BCUT2D eigenvalue weighted by atomic mass is 9.90. The minimum absolute atomic E-state index is 0.301. The van der Waals surface area contributed by atoms with Crippen LogP contribution in [-0.4, -0.2) is 19.9 Å². The van der Waals surface area contributed by atoms with Crippen molar-refractivity contribution in [2.45, 2.75) is 12.3 Å². The molecule has 3 nitrogen and oxygen atoms in total. The van der Waals surface area contributed by atoms with Crippen LogP contribution in [0.5, 0.6) is 5.75 Å². The molecule has 0 saturated heterocycles. The van der Waals surface area contributed by atoms with Crippen LogP contribution in [0.25, 0.3) is 0 Å². The lowest BCUT2D eigenvalue weighted by Crippen LogP contribution is -2.13. The molecule has 0 unspecified atom stereocenters. The molecule has 0 bridgehead atoms. The minimum atomic E-state index is 0.301. The average Bonchev–Trinajstić information content (AvgIpc) is 2.93. The lowest BCUT2D eigenvalue weighted by Gasteiger charge is -2.15. The molecule has 0 amide bonds. The molecule has 0 fully saturated rings. The van der Waals surface area contributed by atoms with Gasteiger partial charge in [-0.05, 0) is 29.7 Å². The Bertz CT molecular complexity index is 692. The van der Waals surface area contributed by atoms with Gasteiger partial charge in [-0.15, -0.1) is 0 Å². The Kier molecular flexibility index (Phi) is 4.93. The smallest absolute Gasteiger partial charge is 0.150 e. The summed E-state index contributed by atoms with van der Waals surface area (Å²) in [6.07, 6.45) is 1.84. The molecule has 3 rings (SSSR count). The first kappa shape index (κ1) is 15.7. The maximum atomic E-state index is 11.4. The maximum Gasteiger partial charge on any atom is 0.150 e. The van der Waals surface area contributed by atoms with Crippen molar-refractivity contribution in [3.05, 3.63) is 59.2 Å². The zero-order valence-electron chi connectivity index (χ0n) is 12.2. The Balaban J connectivity index is 1.99. The number of hydrogen-bond donors (Lipinski definition) is 0. The summed E-state index contributed by atoms with van der Waals surface area (Å²) in [7, 11) is 3.37. The Labute approximate surface area is 146 Å². The highest BCUT2D eigenvalue weighted by atomic mass is 127. The van der Waals surface area contributed by atoms with Crippen molar-refractivity contribution in [3.8, 4) is 5.75 Å². The number of rotatable bonds is 5. The molecule has 5 heteroatoms. The van der Waals surface area contributed by atoms with Gasteiger partial charge < -0.3 is 9.04 Å². The number of halogens is 1. The second kappa shape index (κ2) is 6.91. The van der Waals surface area contributed by atoms with Crippen LogP contribution >= 0.6 is 30.3 Å². The summed E-state index contributed by atoms with van der Waals surface area (Å²) >= 11 is 2.29. The van der Waals surface area contributed by atoms with E-state index < -0.39 is 0 Å². The third-order valence-corrected chi connectivity index (χ3v) is 5.99. The van der Waals surface area contributed by atoms with Crippen LogP contribution in [-0.2, 0) is 6.42 Å². The molecule has 22 heavy (non-hydrogen) atoms. The number of carbonyl (C=O) groups is 1. The highest BCUT2D eigenvalue weighted by Crippen LogP contribution is 2.45.